The Kier molecular flexibility index (Phi) is 3.33. The van der Waals surface area contributed by atoms with Crippen LogP contribution in [0.3, 0.4) is 0 Å². The van der Waals surface area contributed by atoms with E-state index in [1.54, 1.807) is 6.07 Å². The molecule has 0 amide bonds. The molecule has 0 atom stereocenters. The number of nitrogen functional groups attached to an aromatic ring is 1. The molecular weight excluding hydrogens is 221 g/mol. The van der Waals surface area contributed by atoms with E-state index in [1.165, 1.54) is 12.1 Å². The lowest BCUT2D eigenvalue weighted by Crippen LogP contribution is -2.43. The minimum absolute atomic E-state index is 0.0913. The van der Waals surface area contributed by atoms with Crippen molar-refractivity contribution in [2.75, 3.05) is 5.73 Å². The molecule has 0 bridgehead atoms. The predicted molar refractivity (Wildman–Crippen MR) is 68.6 cm³/mol. The number of nitrogens with two attached hydrogens (primary N) is 1. The third kappa shape index (κ3) is 2.98. The van der Waals surface area contributed by atoms with E-state index in [9.17, 15) is 4.39 Å². The number of rotatable bonds is 2. The summed E-state index contributed by atoms with van der Waals surface area (Å²) in [5.41, 5.74) is 5.98. The molecule has 90 valence electrons. The maximum Gasteiger partial charge on any atom is 0.250 e. The van der Waals surface area contributed by atoms with E-state index in [2.05, 4.69) is 33.9 Å². The average Bonchev–Trinajstić information content (AvgIpc) is 1.97. The number of benzene rings is 1. The van der Waals surface area contributed by atoms with Crippen molar-refractivity contribution < 1.29 is 8.82 Å². The van der Waals surface area contributed by atoms with Crippen molar-refractivity contribution >= 4 is 14.0 Å². The molecule has 0 fully saturated rings. The third-order valence-electron chi connectivity index (χ3n) is 3.07. The van der Waals surface area contributed by atoms with E-state index in [0.717, 1.165) is 0 Å². The summed E-state index contributed by atoms with van der Waals surface area (Å²) in [6, 6.07) is 4.35. The molecule has 0 radical (unpaired) electrons. The van der Waals surface area contributed by atoms with Crippen LogP contribution in [0.2, 0.25) is 18.1 Å². The highest BCUT2D eigenvalue weighted by atomic mass is 28.4. The SMILES string of the molecule is CC(C)(C)[Si](C)(C)Oc1cc(N)cc(F)c1. The van der Waals surface area contributed by atoms with Gasteiger partial charge < -0.3 is 10.2 Å². The van der Waals surface area contributed by atoms with Crippen LogP contribution in [0, 0.1) is 5.82 Å². The van der Waals surface area contributed by atoms with E-state index >= 15 is 0 Å². The summed E-state index contributed by atoms with van der Waals surface area (Å²) in [6.45, 7) is 10.7. The second kappa shape index (κ2) is 4.09. The van der Waals surface area contributed by atoms with Crippen molar-refractivity contribution in [1.29, 1.82) is 0 Å². The van der Waals surface area contributed by atoms with Gasteiger partial charge in [-0.2, -0.15) is 0 Å². The van der Waals surface area contributed by atoms with Crippen molar-refractivity contribution in [2.24, 2.45) is 0 Å². The second-order valence-electron chi connectivity index (χ2n) is 5.58. The van der Waals surface area contributed by atoms with Gasteiger partial charge in [-0.3, -0.25) is 0 Å². The molecule has 0 unspecified atom stereocenters. The maximum absolute atomic E-state index is 13.2. The second-order valence-corrected chi connectivity index (χ2v) is 10.3. The maximum atomic E-state index is 13.2. The Hall–Kier alpha value is -1.03. The molecule has 0 aromatic heterocycles. The van der Waals surface area contributed by atoms with Gasteiger partial charge in [0.1, 0.15) is 11.6 Å². The highest BCUT2D eigenvalue weighted by Crippen LogP contribution is 2.37. The van der Waals surface area contributed by atoms with Crippen molar-refractivity contribution in [2.45, 2.75) is 38.9 Å². The molecule has 2 nitrogen and oxygen atoms in total. The van der Waals surface area contributed by atoms with Crippen LogP contribution in [0.4, 0.5) is 10.1 Å². The molecule has 0 spiro atoms. The summed E-state index contributed by atoms with van der Waals surface area (Å²) in [7, 11) is -1.91. The zero-order valence-electron chi connectivity index (χ0n) is 10.6. The van der Waals surface area contributed by atoms with Crippen LogP contribution in [0.1, 0.15) is 20.8 Å². The standard InChI is InChI=1S/C12H20FNOSi/c1-12(2,3)16(4,5)15-11-7-9(13)6-10(14)8-11/h6-8H,14H2,1-5H3. The molecule has 1 rings (SSSR count). The molecule has 0 heterocycles. The molecule has 1 aromatic rings. The monoisotopic (exact) mass is 241 g/mol. The number of hydrogen-bond acceptors (Lipinski definition) is 2. The minimum Gasteiger partial charge on any atom is -0.543 e. The molecule has 0 saturated carbocycles. The predicted octanol–water partition coefficient (Wildman–Crippen LogP) is 3.79. The van der Waals surface area contributed by atoms with Crippen LogP contribution >= 0.6 is 0 Å². The molecule has 2 N–H and O–H groups in total. The van der Waals surface area contributed by atoms with Crippen LogP contribution in [0.5, 0.6) is 5.75 Å². The third-order valence-corrected chi connectivity index (χ3v) is 7.43. The molecule has 1 aromatic carbocycles. The van der Waals surface area contributed by atoms with Gasteiger partial charge in [0, 0.05) is 17.8 Å². The van der Waals surface area contributed by atoms with Crippen LogP contribution in [-0.4, -0.2) is 8.32 Å². The highest BCUT2D eigenvalue weighted by molar-refractivity contribution is 6.74. The number of hydrogen-bond donors (Lipinski definition) is 1. The molecule has 4 heteroatoms. The first-order chi connectivity index (χ1) is 7.12. The lowest BCUT2D eigenvalue weighted by Gasteiger charge is -2.36. The highest BCUT2D eigenvalue weighted by Gasteiger charge is 2.39. The van der Waals surface area contributed by atoms with E-state index in [4.69, 9.17) is 10.2 Å². The summed E-state index contributed by atoms with van der Waals surface area (Å²) >= 11 is 0. The lowest BCUT2D eigenvalue weighted by atomic mass is 10.2. The largest absolute Gasteiger partial charge is 0.543 e. The average molecular weight is 241 g/mol. The van der Waals surface area contributed by atoms with Crippen LogP contribution in [0.25, 0.3) is 0 Å². The van der Waals surface area contributed by atoms with Gasteiger partial charge in [0.15, 0.2) is 0 Å². The Labute approximate surface area is 97.7 Å². The fourth-order valence-corrected chi connectivity index (χ4v) is 2.10. The fraction of sp³-hybridized carbons (Fsp3) is 0.500. The molecular formula is C12H20FNOSi. The van der Waals surface area contributed by atoms with E-state index < -0.39 is 8.32 Å². The summed E-state index contributed by atoms with van der Waals surface area (Å²) in [6.07, 6.45) is 0. The van der Waals surface area contributed by atoms with Gasteiger partial charge in [0.2, 0.25) is 8.32 Å². The Balaban J connectivity index is 2.96. The number of anilines is 1. The van der Waals surface area contributed by atoms with Crippen molar-refractivity contribution in [1.82, 2.24) is 0 Å². The van der Waals surface area contributed by atoms with Crippen LogP contribution < -0.4 is 10.2 Å². The van der Waals surface area contributed by atoms with Gasteiger partial charge in [0.25, 0.3) is 0 Å². The molecule has 0 aliphatic carbocycles. The first-order valence-electron chi connectivity index (χ1n) is 5.37. The quantitative estimate of drug-likeness (QED) is 0.631. The molecule has 0 saturated heterocycles. The van der Waals surface area contributed by atoms with Gasteiger partial charge in [0.05, 0.1) is 0 Å². The van der Waals surface area contributed by atoms with Gasteiger partial charge in [-0.1, -0.05) is 20.8 Å². The zero-order chi connectivity index (χ0) is 12.6. The van der Waals surface area contributed by atoms with Gasteiger partial charge in [-0.25, -0.2) is 4.39 Å². The van der Waals surface area contributed by atoms with Crippen molar-refractivity contribution in [3.63, 3.8) is 0 Å². The summed E-state index contributed by atoms with van der Waals surface area (Å²) in [5, 5.41) is 0.0913. The Bertz CT molecular complexity index is 365. The molecule has 0 aliphatic rings. The first-order valence-corrected chi connectivity index (χ1v) is 8.28. The van der Waals surface area contributed by atoms with Crippen molar-refractivity contribution in [3.05, 3.63) is 24.0 Å². The minimum atomic E-state index is -1.91. The molecule has 16 heavy (non-hydrogen) atoms. The van der Waals surface area contributed by atoms with E-state index in [0.29, 0.717) is 11.4 Å². The van der Waals surface area contributed by atoms with Crippen LogP contribution in [0.15, 0.2) is 18.2 Å². The fourth-order valence-electron chi connectivity index (χ4n) is 1.09. The summed E-state index contributed by atoms with van der Waals surface area (Å²) in [4.78, 5) is 0. The van der Waals surface area contributed by atoms with Crippen molar-refractivity contribution in [3.8, 4) is 5.75 Å². The summed E-state index contributed by atoms with van der Waals surface area (Å²) in [5.74, 6) is 0.179. The normalized spacial score (nSPS) is 12.6. The first kappa shape index (κ1) is 13.0. The van der Waals surface area contributed by atoms with E-state index in [1.807, 2.05) is 0 Å². The zero-order valence-corrected chi connectivity index (χ0v) is 11.6. The van der Waals surface area contributed by atoms with Gasteiger partial charge in [-0.05, 0) is 24.2 Å². The molecule has 0 aliphatic heterocycles. The Morgan fingerprint density at radius 1 is 1.19 bits per heavy atom. The smallest absolute Gasteiger partial charge is 0.250 e. The van der Waals surface area contributed by atoms with Crippen LogP contribution in [-0.2, 0) is 0 Å². The number of halogens is 1. The van der Waals surface area contributed by atoms with Gasteiger partial charge in [-0.15, -0.1) is 0 Å². The Morgan fingerprint density at radius 3 is 2.19 bits per heavy atom. The summed E-state index contributed by atoms with van der Waals surface area (Å²) < 4.78 is 19.1. The van der Waals surface area contributed by atoms with E-state index in [-0.39, 0.29) is 10.9 Å². The topological polar surface area (TPSA) is 35.2 Å². The lowest BCUT2D eigenvalue weighted by molar-refractivity contribution is 0.487. The van der Waals surface area contributed by atoms with Gasteiger partial charge >= 0.3 is 0 Å². The Morgan fingerprint density at radius 2 is 1.75 bits per heavy atom.